The molecule has 96 valence electrons. The van der Waals surface area contributed by atoms with Crippen LogP contribution in [0.1, 0.15) is 19.1 Å². The molecule has 0 bridgehead atoms. The van der Waals surface area contributed by atoms with Crippen molar-refractivity contribution in [3.8, 4) is 11.3 Å². The minimum Gasteiger partial charge on any atom is -0.460 e. The number of hydrogen-bond donors (Lipinski definition) is 1. The second-order valence-corrected chi connectivity index (χ2v) is 4.89. The molecule has 0 aliphatic carbocycles. The predicted octanol–water partition coefficient (Wildman–Crippen LogP) is 4.75. The highest BCUT2D eigenvalue weighted by Crippen LogP contribution is 2.29. The Kier molecular flexibility index (Phi) is 4.70. The van der Waals surface area contributed by atoms with Crippen LogP contribution in [0.2, 0.25) is 10.0 Å². The zero-order valence-corrected chi connectivity index (χ0v) is 11.7. The summed E-state index contributed by atoms with van der Waals surface area (Å²) in [6, 6.07) is 9.40. The number of nitrogens with one attached hydrogen (secondary N) is 1. The first-order chi connectivity index (χ1) is 8.70. The lowest BCUT2D eigenvalue weighted by Gasteiger charge is -2.01. The Labute approximate surface area is 117 Å². The first-order valence-electron chi connectivity index (χ1n) is 5.95. The van der Waals surface area contributed by atoms with Crippen LogP contribution in [0.3, 0.4) is 0 Å². The molecule has 2 aromatic rings. The first kappa shape index (κ1) is 13.5. The zero-order chi connectivity index (χ0) is 13.0. The van der Waals surface area contributed by atoms with E-state index in [4.69, 9.17) is 27.6 Å². The molecule has 1 aromatic carbocycles. The summed E-state index contributed by atoms with van der Waals surface area (Å²) in [5, 5.41) is 4.39. The molecule has 0 aliphatic rings. The number of halogens is 2. The lowest BCUT2D eigenvalue weighted by Crippen LogP contribution is -2.12. The third-order valence-corrected chi connectivity index (χ3v) is 3.33. The smallest absolute Gasteiger partial charge is 0.134 e. The van der Waals surface area contributed by atoms with Crippen LogP contribution in [0.15, 0.2) is 34.7 Å². The standard InChI is InChI=1S/C14H15Cl2NO/c1-2-7-17-9-11-4-6-14(18-11)10-3-5-12(15)13(16)8-10/h3-6,8,17H,2,7,9H2,1H3. The number of furan rings is 1. The van der Waals surface area contributed by atoms with Gasteiger partial charge in [-0.2, -0.15) is 0 Å². The van der Waals surface area contributed by atoms with Crippen molar-refractivity contribution in [2.24, 2.45) is 0 Å². The number of benzene rings is 1. The molecule has 1 aromatic heterocycles. The second-order valence-electron chi connectivity index (χ2n) is 4.07. The van der Waals surface area contributed by atoms with E-state index >= 15 is 0 Å². The highest BCUT2D eigenvalue weighted by atomic mass is 35.5. The minimum absolute atomic E-state index is 0.538. The lowest BCUT2D eigenvalue weighted by molar-refractivity contribution is 0.493. The van der Waals surface area contributed by atoms with E-state index in [1.807, 2.05) is 24.3 Å². The van der Waals surface area contributed by atoms with E-state index < -0.39 is 0 Å². The summed E-state index contributed by atoms with van der Waals surface area (Å²) in [7, 11) is 0. The van der Waals surface area contributed by atoms with Crippen LogP contribution in [0.4, 0.5) is 0 Å². The van der Waals surface area contributed by atoms with Crippen molar-refractivity contribution in [2.45, 2.75) is 19.9 Å². The summed E-state index contributed by atoms with van der Waals surface area (Å²) in [6.45, 7) is 3.87. The molecule has 18 heavy (non-hydrogen) atoms. The molecule has 1 heterocycles. The molecule has 0 radical (unpaired) electrons. The van der Waals surface area contributed by atoms with Crippen LogP contribution in [0, 0.1) is 0 Å². The van der Waals surface area contributed by atoms with Gasteiger partial charge in [0.2, 0.25) is 0 Å². The Morgan fingerprint density at radius 1 is 1.11 bits per heavy atom. The van der Waals surface area contributed by atoms with Gasteiger partial charge in [0.05, 0.1) is 16.6 Å². The Morgan fingerprint density at radius 2 is 1.94 bits per heavy atom. The van der Waals surface area contributed by atoms with Gasteiger partial charge in [0, 0.05) is 5.56 Å². The SMILES string of the molecule is CCCNCc1ccc(-c2ccc(Cl)c(Cl)c2)o1. The fourth-order valence-corrected chi connectivity index (χ4v) is 1.96. The molecule has 2 rings (SSSR count). The summed E-state index contributed by atoms with van der Waals surface area (Å²) in [6.07, 6.45) is 1.11. The van der Waals surface area contributed by atoms with Gasteiger partial charge in [0.1, 0.15) is 11.5 Å². The Balaban J connectivity index is 2.11. The van der Waals surface area contributed by atoms with E-state index in [-0.39, 0.29) is 0 Å². The summed E-state index contributed by atoms with van der Waals surface area (Å²) in [4.78, 5) is 0. The van der Waals surface area contributed by atoms with E-state index in [0.717, 1.165) is 36.6 Å². The predicted molar refractivity (Wildman–Crippen MR) is 76.2 cm³/mol. The van der Waals surface area contributed by atoms with Gasteiger partial charge in [-0.25, -0.2) is 0 Å². The highest BCUT2D eigenvalue weighted by molar-refractivity contribution is 6.42. The second kappa shape index (κ2) is 6.28. The van der Waals surface area contributed by atoms with E-state index in [0.29, 0.717) is 10.0 Å². The number of hydrogen-bond acceptors (Lipinski definition) is 2. The van der Waals surface area contributed by atoms with Gasteiger partial charge in [0.15, 0.2) is 0 Å². The molecular weight excluding hydrogens is 269 g/mol. The van der Waals surface area contributed by atoms with Crippen molar-refractivity contribution < 1.29 is 4.42 Å². The van der Waals surface area contributed by atoms with E-state index in [2.05, 4.69) is 12.2 Å². The van der Waals surface area contributed by atoms with Crippen molar-refractivity contribution in [1.29, 1.82) is 0 Å². The molecule has 1 N–H and O–H groups in total. The van der Waals surface area contributed by atoms with Crippen LogP contribution < -0.4 is 5.32 Å². The largest absolute Gasteiger partial charge is 0.460 e. The van der Waals surface area contributed by atoms with Crippen molar-refractivity contribution in [3.63, 3.8) is 0 Å². The fraction of sp³-hybridized carbons (Fsp3) is 0.286. The molecule has 4 heteroatoms. The lowest BCUT2D eigenvalue weighted by atomic mass is 10.2. The molecule has 0 unspecified atom stereocenters. The van der Waals surface area contributed by atoms with Crippen molar-refractivity contribution in [3.05, 3.63) is 46.1 Å². The normalized spacial score (nSPS) is 10.8. The molecule has 0 spiro atoms. The van der Waals surface area contributed by atoms with Gasteiger partial charge in [-0.15, -0.1) is 0 Å². The van der Waals surface area contributed by atoms with Crippen molar-refractivity contribution in [2.75, 3.05) is 6.54 Å². The van der Waals surface area contributed by atoms with Crippen LogP contribution in [0.5, 0.6) is 0 Å². The maximum Gasteiger partial charge on any atom is 0.134 e. The maximum atomic E-state index is 5.99. The van der Waals surface area contributed by atoms with Crippen LogP contribution in [-0.2, 0) is 6.54 Å². The average molecular weight is 284 g/mol. The molecule has 0 amide bonds. The van der Waals surface area contributed by atoms with Crippen LogP contribution >= 0.6 is 23.2 Å². The van der Waals surface area contributed by atoms with Crippen molar-refractivity contribution >= 4 is 23.2 Å². The molecule has 0 atom stereocenters. The van der Waals surface area contributed by atoms with Gasteiger partial charge < -0.3 is 9.73 Å². The number of rotatable bonds is 5. The maximum absolute atomic E-state index is 5.99. The Morgan fingerprint density at radius 3 is 2.67 bits per heavy atom. The Hall–Kier alpha value is -0.960. The monoisotopic (exact) mass is 283 g/mol. The molecule has 0 fully saturated rings. The van der Waals surface area contributed by atoms with E-state index in [1.54, 1.807) is 6.07 Å². The van der Waals surface area contributed by atoms with Gasteiger partial charge >= 0.3 is 0 Å². The quantitative estimate of drug-likeness (QED) is 0.801. The third kappa shape index (κ3) is 3.29. The fourth-order valence-electron chi connectivity index (χ4n) is 1.67. The summed E-state index contributed by atoms with van der Waals surface area (Å²) in [5.74, 6) is 1.73. The van der Waals surface area contributed by atoms with E-state index in [9.17, 15) is 0 Å². The first-order valence-corrected chi connectivity index (χ1v) is 6.71. The minimum atomic E-state index is 0.538. The van der Waals surface area contributed by atoms with Gasteiger partial charge in [-0.05, 0) is 43.3 Å². The van der Waals surface area contributed by atoms with Gasteiger partial charge in [0.25, 0.3) is 0 Å². The summed E-state index contributed by atoms with van der Waals surface area (Å²) in [5.41, 5.74) is 0.936. The summed E-state index contributed by atoms with van der Waals surface area (Å²) < 4.78 is 5.75. The Bertz CT molecular complexity index is 522. The van der Waals surface area contributed by atoms with E-state index in [1.165, 1.54) is 0 Å². The zero-order valence-electron chi connectivity index (χ0n) is 10.2. The molecular formula is C14H15Cl2NO. The molecule has 0 saturated heterocycles. The summed E-state index contributed by atoms with van der Waals surface area (Å²) >= 11 is 11.9. The topological polar surface area (TPSA) is 25.2 Å². The molecule has 0 saturated carbocycles. The van der Waals surface area contributed by atoms with Crippen molar-refractivity contribution in [1.82, 2.24) is 5.32 Å². The molecule has 0 aliphatic heterocycles. The molecule has 2 nitrogen and oxygen atoms in total. The van der Waals surface area contributed by atoms with Crippen LogP contribution in [-0.4, -0.2) is 6.54 Å². The van der Waals surface area contributed by atoms with Crippen LogP contribution in [0.25, 0.3) is 11.3 Å². The highest BCUT2D eigenvalue weighted by Gasteiger charge is 2.06. The van der Waals surface area contributed by atoms with Gasteiger partial charge in [-0.3, -0.25) is 0 Å². The van der Waals surface area contributed by atoms with Gasteiger partial charge in [-0.1, -0.05) is 30.1 Å². The average Bonchev–Trinajstić information content (AvgIpc) is 2.82. The third-order valence-electron chi connectivity index (χ3n) is 2.59.